The Morgan fingerprint density at radius 2 is 1.96 bits per heavy atom. The predicted octanol–water partition coefficient (Wildman–Crippen LogP) is 2.41. The van der Waals surface area contributed by atoms with Crippen LogP contribution < -0.4 is 5.56 Å². The molecule has 0 spiro atoms. The summed E-state index contributed by atoms with van der Waals surface area (Å²) in [5.41, 5.74) is 1.04. The lowest BCUT2D eigenvalue weighted by molar-refractivity contribution is -0.136. The normalized spacial score (nSPS) is 28.8. The van der Waals surface area contributed by atoms with Gasteiger partial charge in [0.15, 0.2) is 0 Å². The molecule has 0 aliphatic carbocycles. The molecule has 6 nitrogen and oxygen atoms in total. The van der Waals surface area contributed by atoms with Crippen LogP contribution in [0.1, 0.15) is 69.8 Å². The fourth-order valence-corrected chi connectivity index (χ4v) is 5.13. The molecule has 3 aliphatic heterocycles. The van der Waals surface area contributed by atoms with Crippen LogP contribution in [0.15, 0.2) is 10.9 Å². The summed E-state index contributed by atoms with van der Waals surface area (Å²) >= 11 is 0. The third-order valence-corrected chi connectivity index (χ3v) is 7.13. The fourth-order valence-electron chi connectivity index (χ4n) is 5.13. The number of rotatable bonds is 3. The van der Waals surface area contributed by atoms with E-state index >= 15 is 0 Å². The van der Waals surface area contributed by atoms with Crippen molar-refractivity contribution in [1.82, 2.24) is 19.4 Å². The molecule has 28 heavy (non-hydrogen) atoms. The third-order valence-electron chi connectivity index (χ3n) is 7.13. The van der Waals surface area contributed by atoms with Crippen LogP contribution >= 0.6 is 0 Å². The molecule has 1 aromatic rings. The first-order valence-corrected chi connectivity index (χ1v) is 11.2. The maximum atomic E-state index is 12.9. The molecular weight excluding hydrogens is 352 g/mol. The fraction of sp³-hybridized carbons (Fsp3) is 0.773. The second-order valence-electron chi connectivity index (χ2n) is 9.07. The minimum Gasteiger partial charge on any atom is -0.339 e. The lowest BCUT2D eigenvalue weighted by Gasteiger charge is -2.38. The number of amides is 1. The molecule has 3 aliphatic rings. The van der Waals surface area contributed by atoms with Crippen molar-refractivity contribution in [3.05, 3.63) is 27.9 Å². The van der Waals surface area contributed by atoms with Crippen molar-refractivity contribution >= 4 is 5.91 Å². The predicted molar refractivity (Wildman–Crippen MR) is 109 cm³/mol. The quantitative estimate of drug-likeness (QED) is 0.800. The van der Waals surface area contributed by atoms with Gasteiger partial charge in [0.05, 0.1) is 12.2 Å². The van der Waals surface area contributed by atoms with E-state index in [0.717, 1.165) is 69.8 Å². The van der Waals surface area contributed by atoms with Crippen LogP contribution in [0.2, 0.25) is 0 Å². The van der Waals surface area contributed by atoms with Crippen molar-refractivity contribution in [2.24, 2.45) is 5.92 Å². The van der Waals surface area contributed by atoms with Gasteiger partial charge in [-0.1, -0.05) is 13.3 Å². The van der Waals surface area contributed by atoms with Crippen LogP contribution in [0.25, 0.3) is 0 Å². The SMILES string of the molecule is C[C@@H]1CCCN(C(=O)CN2CC[C@H](c3cc(=O)n4c(n3)CCCCC4)C2)[C@@H]1C. The van der Waals surface area contributed by atoms with E-state index in [4.69, 9.17) is 4.98 Å². The lowest BCUT2D eigenvalue weighted by atomic mass is 9.92. The lowest BCUT2D eigenvalue weighted by Crippen LogP contribution is -2.49. The number of likely N-dealkylation sites (tertiary alicyclic amines) is 2. The van der Waals surface area contributed by atoms with Gasteiger partial charge in [-0.25, -0.2) is 4.98 Å². The standard InChI is InChI=1S/C22H34N4O2/c1-16-7-6-11-25(17(16)2)22(28)15-24-12-9-18(14-24)19-13-21(27)26-10-5-3-4-8-20(26)23-19/h13,16-18H,3-12,14-15H2,1-2H3/t16-,17-,18+/m1/s1. The van der Waals surface area contributed by atoms with Crippen molar-refractivity contribution in [2.75, 3.05) is 26.2 Å². The largest absolute Gasteiger partial charge is 0.339 e. The number of aryl methyl sites for hydroxylation is 1. The van der Waals surface area contributed by atoms with Gasteiger partial charge in [-0.2, -0.15) is 0 Å². The first-order valence-electron chi connectivity index (χ1n) is 11.2. The number of aromatic nitrogens is 2. The van der Waals surface area contributed by atoms with Gasteiger partial charge in [-0.3, -0.25) is 19.1 Å². The number of nitrogens with zero attached hydrogens (tertiary/aromatic N) is 4. The van der Waals surface area contributed by atoms with Crippen molar-refractivity contribution in [3.63, 3.8) is 0 Å². The Labute approximate surface area is 167 Å². The van der Waals surface area contributed by atoms with Crippen LogP contribution in [-0.4, -0.2) is 57.5 Å². The Kier molecular flexibility index (Phi) is 5.85. The molecule has 0 saturated carbocycles. The zero-order valence-corrected chi connectivity index (χ0v) is 17.4. The highest BCUT2D eigenvalue weighted by Crippen LogP contribution is 2.27. The number of hydrogen-bond donors (Lipinski definition) is 0. The first kappa shape index (κ1) is 19.6. The van der Waals surface area contributed by atoms with Crippen molar-refractivity contribution in [3.8, 4) is 0 Å². The van der Waals surface area contributed by atoms with Crippen molar-refractivity contribution in [2.45, 2.75) is 77.3 Å². The van der Waals surface area contributed by atoms with E-state index in [-0.39, 0.29) is 17.4 Å². The molecule has 1 aromatic heterocycles. The smallest absolute Gasteiger partial charge is 0.253 e. The number of carbonyl (C=O) groups is 1. The van der Waals surface area contributed by atoms with Crippen LogP contribution in [0, 0.1) is 5.92 Å². The summed E-state index contributed by atoms with van der Waals surface area (Å²) in [4.78, 5) is 34.6. The van der Waals surface area contributed by atoms with Gasteiger partial charge in [0.1, 0.15) is 5.82 Å². The summed E-state index contributed by atoms with van der Waals surface area (Å²) in [5.74, 6) is 2.08. The van der Waals surface area contributed by atoms with Gasteiger partial charge in [0, 0.05) is 44.1 Å². The van der Waals surface area contributed by atoms with Crippen LogP contribution in [0.4, 0.5) is 0 Å². The zero-order valence-electron chi connectivity index (χ0n) is 17.4. The molecule has 0 aromatic carbocycles. The Bertz CT molecular complexity index is 774. The highest BCUT2D eigenvalue weighted by molar-refractivity contribution is 5.78. The van der Waals surface area contributed by atoms with E-state index in [2.05, 4.69) is 23.6 Å². The summed E-state index contributed by atoms with van der Waals surface area (Å²) in [7, 11) is 0. The number of carbonyl (C=O) groups excluding carboxylic acids is 1. The molecule has 1 amide bonds. The van der Waals surface area contributed by atoms with E-state index in [9.17, 15) is 9.59 Å². The Hall–Kier alpha value is -1.69. The summed E-state index contributed by atoms with van der Waals surface area (Å²) < 4.78 is 1.87. The molecule has 0 radical (unpaired) electrons. The van der Waals surface area contributed by atoms with Gasteiger partial charge < -0.3 is 4.90 Å². The maximum Gasteiger partial charge on any atom is 0.253 e. The van der Waals surface area contributed by atoms with Crippen molar-refractivity contribution in [1.29, 1.82) is 0 Å². The van der Waals surface area contributed by atoms with Crippen molar-refractivity contribution < 1.29 is 4.79 Å². The number of piperidine rings is 1. The molecule has 0 N–H and O–H groups in total. The molecular formula is C22H34N4O2. The molecule has 6 heteroatoms. The van der Waals surface area contributed by atoms with Gasteiger partial charge in [0.2, 0.25) is 5.91 Å². The van der Waals surface area contributed by atoms with E-state index in [1.54, 1.807) is 6.07 Å². The van der Waals surface area contributed by atoms with E-state index < -0.39 is 0 Å². The third kappa shape index (κ3) is 4.02. The van der Waals surface area contributed by atoms with E-state index in [0.29, 0.717) is 18.5 Å². The van der Waals surface area contributed by atoms with Crippen LogP contribution in [0.5, 0.6) is 0 Å². The highest BCUT2D eigenvalue weighted by atomic mass is 16.2. The maximum absolute atomic E-state index is 12.9. The van der Waals surface area contributed by atoms with Gasteiger partial charge >= 0.3 is 0 Å². The monoisotopic (exact) mass is 386 g/mol. The zero-order chi connectivity index (χ0) is 19.7. The van der Waals surface area contributed by atoms with Gasteiger partial charge in [0.25, 0.3) is 5.56 Å². The van der Waals surface area contributed by atoms with Crippen LogP contribution in [-0.2, 0) is 17.8 Å². The molecule has 3 atom stereocenters. The molecule has 0 unspecified atom stereocenters. The van der Waals surface area contributed by atoms with Crippen LogP contribution in [0.3, 0.4) is 0 Å². The topological polar surface area (TPSA) is 58.4 Å². The number of hydrogen-bond acceptors (Lipinski definition) is 4. The minimum atomic E-state index is 0.104. The molecule has 154 valence electrons. The second-order valence-corrected chi connectivity index (χ2v) is 9.07. The minimum absolute atomic E-state index is 0.104. The molecule has 4 rings (SSSR count). The average Bonchev–Trinajstić information content (AvgIpc) is 2.99. The van der Waals surface area contributed by atoms with E-state index in [1.165, 1.54) is 12.8 Å². The molecule has 2 fully saturated rings. The highest BCUT2D eigenvalue weighted by Gasteiger charge is 2.32. The Morgan fingerprint density at radius 1 is 1.11 bits per heavy atom. The van der Waals surface area contributed by atoms with Gasteiger partial charge in [-0.15, -0.1) is 0 Å². The summed E-state index contributed by atoms with van der Waals surface area (Å²) in [6.07, 6.45) is 7.58. The molecule has 0 bridgehead atoms. The van der Waals surface area contributed by atoms with E-state index in [1.807, 2.05) is 4.57 Å². The second kappa shape index (κ2) is 8.36. The number of fused-ring (bicyclic) bond motifs is 1. The average molecular weight is 387 g/mol. The molecule has 2 saturated heterocycles. The van der Waals surface area contributed by atoms with Gasteiger partial charge in [-0.05, 0) is 51.5 Å². The summed E-state index contributed by atoms with van der Waals surface area (Å²) in [6.45, 7) is 8.37. The Balaban J connectivity index is 1.40. The molecule has 4 heterocycles. The Morgan fingerprint density at radius 3 is 2.82 bits per heavy atom. The summed E-state index contributed by atoms with van der Waals surface area (Å²) in [5, 5.41) is 0. The summed E-state index contributed by atoms with van der Waals surface area (Å²) in [6, 6.07) is 2.09. The first-order chi connectivity index (χ1) is 13.5.